The van der Waals surface area contributed by atoms with Gasteiger partial charge in [-0.2, -0.15) is 0 Å². The van der Waals surface area contributed by atoms with E-state index < -0.39 is 9.84 Å². The minimum atomic E-state index is -2.87. The van der Waals surface area contributed by atoms with Crippen molar-refractivity contribution in [1.82, 2.24) is 5.32 Å². The number of nitrogens with one attached hydrogen (secondary N) is 1. The molecule has 0 aromatic heterocycles. The molecule has 0 bridgehead atoms. The number of rotatable bonds is 13. The number of sulfone groups is 1. The first kappa shape index (κ1) is 17.8. The third-order valence-corrected chi connectivity index (χ3v) is 3.03. The molecule has 0 aliphatic carbocycles. The normalized spacial score (nSPS) is 11.9. The van der Waals surface area contributed by atoms with Crippen molar-refractivity contribution in [2.75, 3.05) is 65.2 Å². The summed E-state index contributed by atoms with van der Waals surface area (Å²) >= 11 is 0. The molecular weight excluding hydrogens is 258 g/mol. The molecule has 0 radical (unpaired) electrons. The lowest BCUT2D eigenvalue weighted by atomic mass is 10.5. The molecule has 0 aromatic rings. The van der Waals surface area contributed by atoms with Gasteiger partial charge < -0.3 is 19.5 Å². The van der Waals surface area contributed by atoms with Crippen LogP contribution in [-0.2, 0) is 24.0 Å². The summed E-state index contributed by atoms with van der Waals surface area (Å²) in [6, 6.07) is 0. The van der Waals surface area contributed by atoms with Gasteiger partial charge in [-0.3, -0.25) is 0 Å². The predicted octanol–water partition coefficient (Wildman–Crippen LogP) is -0.310. The molecule has 0 unspecified atom stereocenters. The Morgan fingerprint density at radius 2 is 1.61 bits per heavy atom. The van der Waals surface area contributed by atoms with Gasteiger partial charge in [-0.05, 0) is 6.42 Å². The highest BCUT2D eigenvalue weighted by Gasteiger charge is 1.99. The van der Waals surface area contributed by atoms with E-state index in [1.54, 1.807) is 7.11 Å². The largest absolute Gasteiger partial charge is 0.382 e. The SMILES string of the molecule is COCCOCCCOCCNCCS(C)(=O)=O. The summed E-state index contributed by atoms with van der Waals surface area (Å²) in [6.07, 6.45) is 2.09. The van der Waals surface area contributed by atoms with Crippen molar-refractivity contribution in [3.05, 3.63) is 0 Å². The van der Waals surface area contributed by atoms with Crippen molar-refractivity contribution in [3.63, 3.8) is 0 Å². The Morgan fingerprint density at radius 3 is 2.22 bits per heavy atom. The number of hydrogen-bond acceptors (Lipinski definition) is 6. The lowest BCUT2D eigenvalue weighted by molar-refractivity contribution is 0.0519. The lowest BCUT2D eigenvalue weighted by Crippen LogP contribution is -2.26. The summed E-state index contributed by atoms with van der Waals surface area (Å²) in [5.74, 6) is 0.167. The van der Waals surface area contributed by atoms with E-state index in [0.29, 0.717) is 46.1 Å². The van der Waals surface area contributed by atoms with Crippen LogP contribution in [0.1, 0.15) is 6.42 Å². The lowest BCUT2D eigenvalue weighted by Gasteiger charge is -2.06. The molecule has 110 valence electrons. The van der Waals surface area contributed by atoms with Gasteiger partial charge >= 0.3 is 0 Å². The van der Waals surface area contributed by atoms with Crippen LogP contribution in [0, 0.1) is 0 Å². The van der Waals surface area contributed by atoms with E-state index in [4.69, 9.17) is 14.2 Å². The Bertz CT molecular complexity index is 269. The van der Waals surface area contributed by atoms with Crippen LogP contribution in [0.4, 0.5) is 0 Å². The summed E-state index contributed by atoms with van der Waals surface area (Å²) in [7, 11) is -1.22. The van der Waals surface area contributed by atoms with E-state index in [1.165, 1.54) is 6.26 Å². The Labute approximate surface area is 110 Å². The second-order valence-corrected chi connectivity index (χ2v) is 6.21. The molecule has 1 N–H and O–H groups in total. The van der Waals surface area contributed by atoms with Gasteiger partial charge in [0.05, 0.1) is 25.6 Å². The molecule has 0 aliphatic heterocycles. The number of ether oxygens (including phenoxy) is 3. The molecule has 0 heterocycles. The highest BCUT2D eigenvalue weighted by atomic mass is 32.2. The predicted molar refractivity (Wildman–Crippen MR) is 70.7 cm³/mol. The molecule has 0 aliphatic rings. The van der Waals surface area contributed by atoms with E-state index in [0.717, 1.165) is 6.42 Å². The van der Waals surface area contributed by atoms with Crippen LogP contribution in [0.5, 0.6) is 0 Å². The zero-order chi connectivity index (χ0) is 13.7. The Kier molecular flexibility index (Phi) is 11.7. The van der Waals surface area contributed by atoms with E-state index in [1.807, 2.05) is 0 Å². The van der Waals surface area contributed by atoms with Crippen LogP contribution in [0.2, 0.25) is 0 Å². The third kappa shape index (κ3) is 15.8. The van der Waals surface area contributed by atoms with Crippen LogP contribution in [0.3, 0.4) is 0 Å². The van der Waals surface area contributed by atoms with E-state index in [9.17, 15) is 8.42 Å². The minimum absolute atomic E-state index is 0.167. The Balaban J connectivity index is 3.03. The maximum absolute atomic E-state index is 10.8. The van der Waals surface area contributed by atoms with Gasteiger partial charge in [0.25, 0.3) is 0 Å². The monoisotopic (exact) mass is 283 g/mol. The molecule has 6 nitrogen and oxygen atoms in total. The molecule has 0 amide bonds. The van der Waals surface area contributed by atoms with E-state index in [-0.39, 0.29) is 5.75 Å². The van der Waals surface area contributed by atoms with Gasteiger partial charge in [0.2, 0.25) is 0 Å². The van der Waals surface area contributed by atoms with Crippen molar-refractivity contribution in [1.29, 1.82) is 0 Å². The first-order valence-electron chi connectivity index (χ1n) is 6.09. The van der Waals surface area contributed by atoms with Crippen molar-refractivity contribution in [2.24, 2.45) is 0 Å². The standard InChI is InChI=1S/C11H25NO5S/c1-15-9-10-17-7-3-6-16-8-4-12-5-11-18(2,13)14/h12H,3-11H2,1-2H3. The molecule has 0 rings (SSSR count). The quantitative estimate of drug-likeness (QED) is 0.467. The number of methoxy groups -OCH3 is 1. The molecule has 18 heavy (non-hydrogen) atoms. The average Bonchev–Trinajstić information content (AvgIpc) is 2.29. The van der Waals surface area contributed by atoms with Gasteiger partial charge in [-0.15, -0.1) is 0 Å². The Hall–Kier alpha value is -0.210. The molecule has 7 heteroatoms. The number of hydrogen-bond donors (Lipinski definition) is 1. The maximum Gasteiger partial charge on any atom is 0.148 e. The molecule has 0 atom stereocenters. The molecule has 0 aromatic carbocycles. The summed E-state index contributed by atoms with van der Waals surface area (Å²) < 4.78 is 37.1. The highest BCUT2D eigenvalue weighted by Crippen LogP contribution is 1.85. The van der Waals surface area contributed by atoms with Gasteiger partial charge in [0.1, 0.15) is 9.84 Å². The maximum atomic E-state index is 10.8. The van der Waals surface area contributed by atoms with Crippen LogP contribution < -0.4 is 5.32 Å². The summed E-state index contributed by atoms with van der Waals surface area (Å²) in [5.41, 5.74) is 0. The fourth-order valence-electron chi connectivity index (χ4n) is 1.14. The molecule has 0 saturated carbocycles. The van der Waals surface area contributed by atoms with E-state index in [2.05, 4.69) is 5.32 Å². The average molecular weight is 283 g/mol. The van der Waals surface area contributed by atoms with Crippen LogP contribution in [-0.4, -0.2) is 73.7 Å². The molecule has 0 saturated heterocycles. The van der Waals surface area contributed by atoms with Crippen molar-refractivity contribution in [3.8, 4) is 0 Å². The highest BCUT2D eigenvalue weighted by molar-refractivity contribution is 7.90. The minimum Gasteiger partial charge on any atom is -0.382 e. The molecule has 0 spiro atoms. The van der Waals surface area contributed by atoms with Gasteiger partial charge in [-0.25, -0.2) is 8.42 Å². The van der Waals surface area contributed by atoms with Gasteiger partial charge in [-0.1, -0.05) is 0 Å². The zero-order valence-corrected chi connectivity index (χ0v) is 12.1. The van der Waals surface area contributed by atoms with Crippen LogP contribution >= 0.6 is 0 Å². The Morgan fingerprint density at radius 1 is 0.944 bits per heavy atom. The van der Waals surface area contributed by atoms with Gasteiger partial charge in [0, 0.05) is 39.7 Å². The second kappa shape index (κ2) is 11.9. The van der Waals surface area contributed by atoms with Gasteiger partial charge in [0.15, 0.2) is 0 Å². The van der Waals surface area contributed by atoms with Crippen LogP contribution in [0.15, 0.2) is 0 Å². The first-order chi connectivity index (χ1) is 8.56. The smallest absolute Gasteiger partial charge is 0.148 e. The first-order valence-corrected chi connectivity index (χ1v) is 8.15. The molecular formula is C11H25NO5S. The fourth-order valence-corrected chi connectivity index (χ4v) is 1.65. The summed E-state index contributed by atoms with van der Waals surface area (Å²) in [4.78, 5) is 0. The fraction of sp³-hybridized carbons (Fsp3) is 1.00. The van der Waals surface area contributed by atoms with Crippen molar-refractivity contribution in [2.45, 2.75) is 6.42 Å². The topological polar surface area (TPSA) is 73.9 Å². The summed E-state index contributed by atoms with van der Waals surface area (Å²) in [5, 5.41) is 3.01. The van der Waals surface area contributed by atoms with Crippen molar-refractivity contribution < 1.29 is 22.6 Å². The zero-order valence-electron chi connectivity index (χ0n) is 11.3. The molecule has 0 fully saturated rings. The second-order valence-electron chi connectivity index (χ2n) is 3.95. The van der Waals surface area contributed by atoms with Crippen molar-refractivity contribution >= 4 is 9.84 Å². The third-order valence-electron chi connectivity index (χ3n) is 2.08. The summed E-state index contributed by atoms with van der Waals surface area (Å²) in [6.45, 7) is 4.28. The van der Waals surface area contributed by atoms with Crippen LogP contribution in [0.25, 0.3) is 0 Å². The van der Waals surface area contributed by atoms with E-state index >= 15 is 0 Å².